The molecule has 1 aromatic heterocycles. The van der Waals surface area contributed by atoms with Crippen LogP contribution in [0.15, 0.2) is 18.2 Å². The molecule has 2 atom stereocenters. The summed E-state index contributed by atoms with van der Waals surface area (Å²) in [5, 5.41) is 18.7. The van der Waals surface area contributed by atoms with Gasteiger partial charge in [0.15, 0.2) is 0 Å². The van der Waals surface area contributed by atoms with Crippen molar-refractivity contribution in [3.8, 4) is 0 Å². The van der Waals surface area contributed by atoms with Gasteiger partial charge >= 0.3 is 5.97 Å². The lowest BCUT2D eigenvalue weighted by Crippen LogP contribution is -2.41. The zero-order chi connectivity index (χ0) is 15.6. The van der Waals surface area contributed by atoms with E-state index in [1.807, 2.05) is 19.0 Å². The fraction of sp³-hybridized carbons (Fsp3) is 0.500. The molecule has 0 aromatic carbocycles. The fourth-order valence-corrected chi connectivity index (χ4v) is 2.56. The number of β-amino-alcohol motifs (C(OH)–C–C–N with tert-alkyl or cyclic N) is 1. The lowest BCUT2D eigenvalue weighted by atomic mass is 10.2. The minimum absolute atomic E-state index is 0.0905. The van der Waals surface area contributed by atoms with E-state index in [4.69, 9.17) is 5.11 Å². The first-order valence-corrected chi connectivity index (χ1v) is 6.72. The summed E-state index contributed by atoms with van der Waals surface area (Å²) < 4.78 is 0. The zero-order valence-corrected chi connectivity index (χ0v) is 12.1. The summed E-state index contributed by atoms with van der Waals surface area (Å²) in [7, 11) is 3.80. The highest BCUT2D eigenvalue weighted by Gasteiger charge is 2.35. The average molecular weight is 293 g/mol. The number of aliphatic hydroxyl groups is 1. The van der Waals surface area contributed by atoms with Crippen LogP contribution in [0.4, 0.5) is 0 Å². The topological polar surface area (TPSA) is 94.0 Å². The second-order valence-corrected chi connectivity index (χ2v) is 5.48. The van der Waals surface area contributed by atoms with Crippen LogP contribution in [-0.4, -0.2) is 76.2 Å². The third-order valence-corrected chi connectivity index (χ3v) is 3.42. The molecule has 0 bridgehead atoms. The minimum atomic E-state index is -1.17. The smallest absolute Gasteiger partial charge is 0.354 e. The molecule has 7 nitrogen and oxygen atoms in total. The van der Waals surface area contributed by atoms with Crippen LogP contribution in [-0.2, 0) is 0 Å². The monoisotopic (exact) mass is 293 g/mol. The Morgan fingerprint density at radius 1 is 1.38 bits per heavy atom. The SMILES string of the molecule is CN(C)CC1CC(O)CN1C(=O)c1cccc(C(=O)O)n1. The van der Waals surface area contributed by atoms with Crippen molar-refractivity contribution >= 4 is 11.9 Å². The van der Waals surface area contributed by atoms with E-state index >= 15 is 0 Å². The Balaban J connectivity index is 2.21. The average Bonchev–Trinajstić information content (AvgIpc) is 2.78. The van der Waals surface area contributed by atoms with Gasteiger partial charge in [-0.25, -0.2) is 9.78 Å². The second-order valence-electron chi connectivity index (χ2n) is 5.48. The minimum Gasteiger partial charge on any atom is -0.477 e. The molecule has 2 heterocycles. The third kappa shape index (κ3) is 3.56. The van der Waals surface area contributed by atoms with Crippen LogP contribution >= 0.6 is 0 Å². The molecule has 1 aliphatic heterocycles. The van der Waals surface area contributed by atoms with Crippen LogP contribution in [0.2, 0.25) is 0 Å². The van der Waals surface area contributed by atoms with Crippen molar-refractivity contribution in [3.05, 3.63) is 29.6 Å². The summed E-state index contributed by atoms with van der Waals surface area (Å²) in [6, 6.07) is 4.23. The zero-order valence-electron chi connectivity index (χ0n) is 12.1. The number of hydrogen-bond donors (Lipinski definition) is 2. The van der Waals surface area contributed by atoms with Gasteiger partial charge in [0.25, 0.3) is 5.91 Å². The van der Waals surface area contributed by atoms with E-state index in [1.54, 1.807) is 4.90 Å². The van der Waals surface area contributed by atoms with E-state index in [9.17, 15) is 14.7 Å². The highest BCUT2D eigenvalue weighted by Crippen LogP contribution is 2.20. The number of pyridine rings is 1. The Labute approximate surface area is 122 Å². The van der Waals surface area contributed by atoms with Crippen LogP contribution in [0.5, 0.6) is 0 Å². The van der Waals surface area contributed by atoms with E-state index in [-0.39, 0.29) is 29.9 Å². The first-order valence-electron chi connectivity index (χ1n) is 6.72. The van der Waals surface area contributed by atoms with Gasteiger partial charge in [0.05, 0.1) is 6.10 Å². The van der Waals surface area contributed by atoms with E-state index in [0.29, 0.717) is 13.0 Å². The van der Waals surface area contributed by atoms with Gasteiger partial charge in [-0.15, -0.1) is 0 Å². The molecule has 1 saturated heterocycles. The number of likely N-dealkylation sites (N-methyl/N-ethyl adjacent to an activating group) is 1. The number of aromatic carboxylic acids is 1. The molecule has 21 heavy (non-hydrogen) atoms. The molecule has 7 heteroatoms. The highest BCUT2D eigenvalue weighted by molar-refractivity contribution is 5.94. The predicted octanol–water partition coefficient (Wildman–Crippen LogP) is -0.0832. The molecule has 1 fully saturated rings. The summed E-state index contributed by atoms with van der Waals surface area (Å²) in [4.78, 5) is 30.8. The van der Waals surface area contributed by atoms with Crippen LogP contribution in [0.3, 0.4) is 0 Å². The molecular weight excluding hydrogens is 274 g/mol. The summed E-state index contributed by atoms with van der Waals surface area (Å²) >= 11 is 0. The molecule has 0 aliphatic carbocycles. The summed E-state index contributed by atoms with van der Waals surface area (Å²) in [5.74, 6) is -1.52. The number of carboxylic acid groups (broad SMARTS) is 1. The maximum atomic E-state index is 12.5. The predicted molar refractivity (Wildman–Crippen MR) is 75.2 cm³/mol. The van der Waals surface area contributed by atoms with E-state index in [0.717, 1.165) is 0 Å². The summed E-state index contributed by atoms with van der Waals surface area (Å²) in [6.45, 7) is 0.887. The molecule has 0 saturated carbocycles. The van der Waals surface area contributed by atoms with E-state index < -0.39 is 12.1 Å². The number of hydrogen-bond acceptors (Lipinski definition) is 5. The summed E-state index contributed by atoms with van der Waals surface area (Å²) in [5.41, 5.74) is -0.0717. The fourth-order valence-electron chi connectivity index (χ4n) is 2.56. The molecule has 2 rings (SSSR count). The van der Waals surface area contributed by atoms with Crippen LogP contribution in [0.1, 0.15) is 27.4 Å². The van der Waals surface area contributed by atoms with E-state index in [2.05, 4.69) is 4.98 Å². The van der Waals surface area contributed by atoms with Crippen LogP contribution in [0, 0.1) is 0 Å². The second kappa shape index (κ2) is 6.19. The van der Waals surface area contributed by atoms with E-state index in [1.165, 1.54) is 18.2 Å². The van der Waals surface area contributed by atoms with Crippen molar-refractivity contribution in [2.75, 3.05) is 27.2 Å². The Bertz CT molecular complexity index is 547. The lowest BCUT2D eigenvalue weighted by Gasteiger charge is -2.26. The Morgan fingerprint density at radius 3 is 2.67 bits per heavy atom. The number of nitrogens with zero attached hydrogens (tertiary/aromatic N) is 3. The quantitative estimate of drug-likeness (QED) is 0.806. The van der Waals surface area contributed by atoms with Crippen LogP contribution < -0.4 is 0 Å². The number of likely N-dealkylation sites (tertiary alicyclic amines) is 1. The number of carbonyl (C=O) groups is 2. The van der Waals surface area contributed by atoms with Crippen molar-refractivity contribution in [1.29, 1.82) is 0 Å². The first-order chi connectivity index (χ1) is 9.88. The number of carbonyl (C=O) groups excluding carboxylic acids is 1. The number of amides is 1. The Kier molecular flexibility index (Phi) is 4.54. The van der Waals surface area contributed by atoms with Crippen molar-refractivity contribution in [3.63, 3.8) is 0 Å². The van der Waals surface area contributed by atoms with Gasteiger partial charge in [-0.2, -0.15) is 0 Å². The van der Waals surface area contributed by atoms with Crippen molar-refractivity contribution in [1.82, 2.24) is 14.8 Å². The van der Waals surface area contributed by atoms with Crippen molar-refractivity contribution in [2.45, 2.75) is 18.6 Å². The Morgan fingerprint density at radius 2 is 2.05 bits per heavy atom. The molecule has 2 unspecified atom stereocenters. The normalized spacial score (nSPS) is 21.8. The number of rotatable bonds is 4. The van der Waals surface area contributed by atoms with Gasteiger partial charge in [-0.05, 0) is 32.6 Å². The largest absolute Gasteiger partial charge is 0.477 e. The number of aromatic nitrogens is 1. The van der Waals surface area contributed by atoms with Crippen molar-refractivity contribution < 1.29 is 19.8 Å². The molecule has 0 spiro atoms. The van der Waals surface area contributed by atoms with Crippen LogP contribution in [0.25, 0.3) is 0 Å². The maximum Gasteiger partial charge on any atom is 0.354 e. The Hall–Kier alpha value is -1.99. The molecule has 1 aromatic rings. The molecule has 114 valence electrons. The molecule has 0 radical (unpaired) electrons. The van der Waals surface area contributed by atoms with Crippen molar-refractivity contribution in [2.24, 2.45) is 0 Å². The molecule has 2 N–H and O–H groups in total. The third-order valence-electron chi connectivity index (χ3n) is 3.42. The van der Waals surface area contributed by atoms with Gasteiger partial charge in [0, 0.05) is 19.1 Å². The molecule has 1 amide bonds. The van der Waals surface area contributed by atoms with Gasteiger partial charge in [-0.3, -0.25) is 4.79 Å². The summed E-state index contributed by atoms with van der Waals surface area (Å²) in [6.07, 6.45) is -0.0377. The maximum absolute atomic E-state index is 12.5. The number of aliphatic hydroxyl groups excluding tert-OH is 1. The first kappa shape index (κ1) is 15.4. The molecular formula is C14H19N3O4. The van der Waals surface area contributed by atoms with Gasteiger partial charge in [-0.1, -0.05) is 6.07 Å². The van der Waals surface area contributed by atoms with Gasteiger partial charge < -0.3 is 20.0 Å². The standard InChI is InChI=1S/C14H19N3O4/c1-16(2)7-9-6-10(18)8-17(9)13(19)11-4-3-5-12(15-11)14(20)21/h3-5,9-10,18H,6-8H2,1-2H3,(H,20,21). The van der Waals surface area contributed by atoms with Gasteiger partial charge in [0.1, 0.15) is 11.4 Å². The molecule has 1 aliphatic rings. The lowest BCUT2D eigenvalue weighted by molar-refractivity contribution is 0.0684. The highest BCUT2D eigenvalue weighted by atomic mass is 16.4. The van der Waals surface area contributed by atoms with Gasteiger partial charge in [0.2, 0.25) is 0 Å². The number of carboxylic acids is 1.